The van der Waals surface area contributed by atoms with Crippen LogP contribution in [0.2, 0.25) is 0 Å². The first-order chi connectivity index (χ1) is 5.07. The molecule has 8 heteroatoms. The highest BCUT2D eigenvalue weighted by molar-refractivity contribution is 8.93. The molecule has 0 aromatic heterocycles. The van der Waals surface area contributed by atoms with Gasteiger partial charge >= 0.3 is 5.97 Å². The van der Waals surface area contributed by atoms with Gasteiger partial charge in [-0.25, -0.2) is 0 Å². The second-order valence-corrected chi connectivity index (χ2v) is 3.13. The van der Waals surface area contributed by atoms with E-state index in [4.69, 9.17) is 22.0 Å². The van der Waals surface area contributed by atoms with E-state index in [1.165, 1.54) is 0 Å². The molecule has 80 valence electrons. The zero-order chi connectivity index (χ0) is 8.85. The van der Waals surface area contributed by atoms with Crippen LogP contribution in [0.15, 0.2) is 0 Å². The molecule has 0 heterocycles. The maximum atomic E-state index is 10.4. The SMILES string of the molecule is Br.Br.N=C(N)SC(CCN)C(=O)O. The predicted octanol–water partition coefficient (Wildman–Crippen LogP) is 0.571. The van der Waals surface area contributed by atoms with E-state index >= 15 is 0 Å². The van der Waals surface area contributed by atoms with E-state index < -0.39 is 11.2 Å². The first kappa shape index (κ1) is 18.9. The van der Waals surface area contributed by atoms with E-state index in [9.17, 15) is 4.79 Å². The summed E-state index contributed by atoms with van der Waals surface area (Å²) in [6, 6.07) is 0. The van der Waals surface area contributed by atoms with E-state index in [0.717, 1.165) is 11.8 Å². The molecule has 6 N–H and O–H groups in total. The maximum absolute atomic E-state index is 10.4. The summed E-state index contributed by atoms with van der Waals surface area (Å²) < 4.78 is 0. The minimum atomic E-state index is -0.976. The van der Waals surface area contributed by atoms with Gasteiger partial charge in [-0.2, -0.15) is 0 Å². The van der Waals surface area contributed by atoms with Gasteiger partial charge in [0.15, 0.2) is 5.17 Å². The number of nitrogens with two attached hydrogens (primary N) is 2. The Balaban J connectivity index is -0.000000500. The van der Waals surface area contributed by atoms with Crippen molar-refractivity contribution in [3.05, 3.63) is 0 Å². The van der Waals surface area contributed by atoms with Gasteiger partial charge in [-0.05, 0) is 13.0 Å². The number of halogens is 2. The second-order valence-electron chi connectivity index (χ2n) is 1.89. The van der Waals surface area contributed by atoms with Crippen molar-refractivity contribution in [3.8, 4) is 0 Å². The molecule has 0 radical (unpaired) electrons. The zero-order valence-electron chi connectivity index (χ0n) is 6.73. The Labute approximate surface area is 102 Å². The zero-order valence-corrected chi connectivity index (χ0v) is 11.0. The minimum absolute atomic E-state index is 0. The molecule has 0 amide bonds. The minimum Gasteiger partial charge on any atom is -0.480 e. The number of aliphatic carboxylic acids is 1. The highest BCUT2D eigenvalue weighted by atomic mass is 79.9. The summed E-state index contributed by atoms with van der Waals surface area (Å²) in [6.45, 7) is 0.289. The molecule has 0 aromatic carbocycles. The van der Waals surface area contributed by atoms with E-state index in [-0.39, 0.29) is 45.7 Å². The van der Waals surface area contributed by atoms with Gasteiger partial charge < -0.3 is 16.6 Å². The third-order valence-electron chi connectivity index (χ3n) is 0.974. The summed E-state index contributed by atoms with van der Waals surface area (Å²) in [5.74, 6) is -0.976. The Morgan fingerprint density at radius 2 is 2.00 bits per heavy atom. The van der Waals surface area contributed by atoms with Crippen molar-refractivity contribution in [2.45, 2.75) is 11.7 Å². The maximum Gasteiger partial charge on any atom is 0.317 e. The molecule has 0 spiro atoms. The summed E-state index contributed by atoms with van der Waals surface area (Å²) in [4.78, 5) is 10.4. The van der Waals surface area contributed by atoms with Gasteiger partial charge in [0.25, 0.3) is 0 Å². The lowest BCUT2D eigenvalue weighted by molar-refractivity contribution is -0.136. The largest absolute Gasteiger partial charge is 0.480 e. The number of carboxylic acid groups (broad SMARTS) is 1. The fourth-order valence-electron chi connectivity index (χ4n) is 0.537. The Kier molecular flexibility index (Phi) is 15.0. The molecule has 5 nitrogen and oxygen atoms in total. The molecular formula is C5H13Br2N3O2S. The number of hydrogen-bond acceptors (Lipinski definition) is 4. The van der Waals surface area contributed by atoms with Gasteiger partial charge in [0.2, 0.25) is 0 Å². The molecule has 0 aliphatic rings. The van der Waals surface area contributed by atoms with Gasteiger partial charge in [0.1, 0.15) is 5.25 Å². The summed E-state index contributed by atoms with van der Waals surface area (Å²) in [7, 11) is 0. The van der Waals surface area contributed by atoms with Crippen molar-refractivity contribution in [2.75, 3.05) is 6.54 Å². The molecule has 0 aliphatic heterocycles. The molecule has 0 saturated carbocycles. The Hall–Kier alpha value is 0.210. The summed E-state index contributed by atoms with van der Waals surface area (Å²) >= 11 is 0.814. The van der Waals surface area contributed by atoms with Crippen LogP contribution in [0.4, 0.5) is 0 Å². The monoisotopic (exact) mass is 337 g/mol. The van der Waals surface area contributed by atoms with Crippen LogP contribution >= 0.6 is 45.7 Å². The summed E-state index contributed by atoms with van der Waals surface area (Å²) in [5, 5.41) is 14.5. The smallest absolute Gasteiger partial charge is 0.317 e. The molecule has 1 atom stereocenters. The summed E-state index contributed by atoms with van der Waals surface area (Å²) in [5.41, 5.74) is 10.2. The van der Waals surface area contributed by atoms with Gasteiger partial charge in [-0.1, -0.05) is 11.8 Å². The van der Waals surface area contributed by atoms with Gasteiger partial charge in [-0.15, -0.1) is 34.0 Å². The molecular weight excluding hydrogens is 326 g/mol. The van der Waals surface area contributed by atoms with Crippen LogP contribution in [0.25, 0.3) is 0 Å². The predicted molar refractivity (Wildman–Crippen MR) is 65.2 cm³/mol. The quantitative estimate of drug-likeness (QED) is 0.442. The van der Waals surface area contributed by atoms with Crippen molar-refractivity contribution in [3.63, 3.8) is 0 Å². The van der Waals surface area contributed by atoms with Crippen LogP contribution in [-0.4, -0.2) is 28.0 Å². The van der Waals surface area contributed by atoms with E-state index in [2.05, 4.69) is 0 Å². The first-order valence-corrected chi connectivity index (χ1v) is 3.89. The van der Waals surface area contributed by atoms with E-state index in [1.807, 2.05) is 0 Å². The van der Waals surface area contributed by atoms with E-state index in [1.54, 1.807) is 0 Å². The highest BCUT2D eigenvalue weighted by Crippen LogP contribution is 2.12. The average molecular weight is 339 g/mol. The molecule has 0 aliphatic carbocycles. The van der Waals surface area contributed by atoms with Crippen LogP contribution in [0, 0.1) is 5.41 Å². The van der Waals surface area contributed by atoms with Gasteiger partial charge in [-0.3, -0.25) is 10.2 Å². The van der Waals surface area contributed by atoms with Crippen molar-refractivity contribution in [1.82, 2.24) is 0 Å². The van der Waals surface area contributed by atoms with Crippen LogP contribution in [-0.2, 0) is 4.79 Å². The fourth-order valence-corrected chi connectivity index (χ4v) is 1.20. The topological polar surface area (TPSA) is 113 Å². The van der Waals surface area contributed by atoms with Crippen LogP contribution in [0.3, 0.4) is 0 Å². The van der Waals surface area contributed by atoms with E-state index in [0.29, 0.717) is 6.42 Å². The number of amidine groups is 1. The fraction of sp³-hybridized carbons (Fsp3) is 0.600. The number of rotatable bonds is 4. The lowest BCUT2D eigenvalue weighted by Crippen LogP contribution is -2.23. The highest BCUT2D eigenvalue weighted by Gasteiger charge is 2.17. The second kappa shape index (κ2) is 10.3. The normalized spacial score (nSPS) is 10.5. The molecule has 0 bridgehead atoms. The van der Waals surface area contributed by atoms with Gasteiger partial charge in [0.05, 0.1) is 0 Å². The Morgan fingerprint density at radius 3 is 2.23 bits per heavy atom. The van der Waals surface area contributed by atoms with Crippen molar-refractivity contribution >= 4 is 56.9 Å². The molecule has 0 rings (SSSR count). The molecule has 0 saturated heterocycles. The lowest BCUT2D eigenvalue weighted by atomic mass is 10.3. The third kappa shape index (κ3) is 10.1. The molecule has 13 heavy (non-hydrogen) atoms. The Morgan fingerprint density at radius 1 is 1.54 bits per heavy atom. The van der Waals surface area contributed by atoms with Crippen LogP contribution in [0.1, 0.15) is 6.42 Å². The van der Waals surface area contributed by atoms with Crippen LogP contribution in [0.5, 0.6) is 0 Å². The molecule has 0 fully saturated rings. The molecule has 0 aromatic rings. The number of thioether (sulfide) groups is 1. The Bertz CT molecular complexity index is 170. The lowest BCUT2D eigenvalue weighted by Gasteiger charge is -2.07. The number of carbonyl (C=O) groups is 1. The van der Waals surface area contributed by atoms with Crippen molar-refractivity contribution in [1.29, 1.82) is 5.41 Å². The van der Waals surface area contributed by atoms with Crippen molar-refractivity contribution < 1.29 is 9.90 Å². The first-order valence-electron chi connectivity index (χ1n) is 3.01. The van der Waals surface area contributed by atoms with Gasteiger partial charge in [0, 0.05) is 0 Å². The third-order valence-corrected chi connectivity index (χ3v) is 1.95. The number of carboxylic acids is 1. The summed E-state index contributed by atoms with van der Waals surface area (Å²) in [6.07, 6.45) is 0.333. The number of nitrogens with one attached hydrogen (secondary N) is 1. The van der Waals surface area contributed by atoms with Crippen LogP contribution < -0.4 is 11.5 Å². The molecule has 1 unspecified atom stereocenters. The van der Waals surface area contributed by atoms with Crippen molar-refractivity contribution in [2.24, 2.45) is 11.5 Å². The number of hydrogen-bond donors (Lipinski definition) is 4. The average Bonchev–Trinajstić information content (AvgIpc) is 1.86. The standard InChI is InChI=1S/C5H11N3O2S.2BrH/c6-2-1-3(4(9)10)11-5(7)8;;/h3H,1-2,6H2,(H3,7,8)(H,9,10);2*1H.